The lowest BCUT2D eigenvalue weighted by atomic mass is 9.93. The Labute approximate surface area is 85.1 Å². The number of hydrogen-bond donors (Lipinski definition) is 2. The van der Waals surface area contributed by atoms with Crippen LogP contribution in [0.1, 0.15) is 26.7 Å². The first-order chi connectivity index (χ1) is 6.41. The molecule has 0 aromatic rings. The predicted molar refractivity (Wildman–Crippen MR) is 55.1 cm³/mol. The fraction of sp³-hybridized carbons (Fsp3) is 0.900. The molecular formula is C10H20N2O2. The van der Waals surface area contributed by atoms with Crippen molar-refractivity contribution in [3.63, 3.8) is 0 Å². The Balaban J connectivity index is 2.24. The van der Waals surface area contributed by atoms with E-state index in [1.165, 1.54) is 6.42 Å². The van der Waals surface area contributed by atoms with Crippen molar-refractivity contribution in [2.75, 3.05) is 19.6 Å². The van der Waals surface area contributed by atoms with Gasteiger partial charge in [0, 0.05) is 13.1 Å². The fourth-order valence-corrected chi connectivity index (χ4v) is 1.86. The van der Waals surface area contributed by atoms with E-state index in [1.54, 1.807) is 0 Å². The summed E-state index contributed by atoms with van der Waals surface area (Å²) in [6, 6.07) is -0.710. The number of hydrogen-bond acceptors (Lipinski definition) is 3. The summed E-state index contributed by atoms with van der Waals surface area (Å²) in [5.74, 6) is -0.900. The number of carboxylic acids is 1. The van der Waals surface area contributed by atoms with Gasteiger partial charge >= 0.3 is 5.97 Å². The summed E-state index contributed by atoms with van der Waals surface area (Å²) in [6.45, 7) is 7.41. The zero-order valence-electron chi connectivity index (χ0n) is 8.99. The van der Waals surface area contributed by atoms with E-state index in [0.29, 0.717) is 11.8 Å². The van der Waals surface area contributed by atoms with Crippen LogP contribution in [0.2, 0.25) is 0 Å². The highest BCUT2D eigenvalue weighted by Gasteiger charge is 2.29. The van der Waals surface area contributed by atoms with E-state index in [0.717, 1.165) is 19.6 Å². The molecule has 4 heteroatoms. The Kier molecular flexibility index (Phi) is 3.50. The molecule has 0 radical (unpaired) electrons. The summed E-state index contributed by atoms with van der Waals surface area (Å²) >= 11 is 0. The van der Waals surface area contributed by atoms with Crippen molar-refractivity contribution >= 4 is 5.97 Å². The predicted octanol–water partition coefficient (Wildman–Crippen LogP) is 0.520. The number of nitrogens with two attached hydrogens (primary N) is 1. The van der Waals surface area contributed by atoms with E-state index in [9.17, 15) is 4.79 Å². The van der Waals surface area contributed by atoms with Gasteiger partial charge in [0.2, 0.25) is 0 Å². The smallest absolute Gasteiger partial charge is 0.320 e. The third-order valence-electron chi connectivity index (χ3n) is 2.83. The highest BCUT2D eigenvalue weighted by Crippen LogP contribution is 2.28. The van der Waals surface area contributed by atoms with Gasteiger partial charge in [-0.2, -0.15) is 0 Å². The average molecular weight is 200 g/mol. The molecule has 0 spiro atoms. The van der Waals surface area contributed by atoms with Gasteiger partial charge in [0.15, 0.2) is 0 Å². The highest BCUT2D eigenvalue weighted by molar-refractivity contribution is 5.72. The fourth-order valence-electron chi connectivity index (χ4n) is 1.86. The third-order valence-corrected chi connectivity index (χ3v) is 2.83. The maximum absolute atomic E-state index is 10.5. The van der Waals surface area contributed by atoms with Gasteiger partial charge in [-0.1, -0.05) is 13.8 Å². The number of nitrogens with zero attached hydrogens (tertiary/aromatic N) is 1. The number of carboxylic acid groups (broad SMARTS) is 1. The van der Waals surface area contributed by atoms with Crippen molar-refractivity contribution in [1.29, 1.82) is 0 Å². The number of carbonyl (C=O) groups is 1. The van der Waals surface area contributed by atoms with Crippen LogP contribution in [-0.2, 0) is 4.79 Å². The van der Waals surface area contributed by atoms with Crippen LogP contribution >= 0.6 is 0 Å². The van der Waals surface area contributed by atoms with Gasteiger partial charge in [0.1, 0.15) is 6.04 Å². The minimum Gasteiger partial charge on any atom is -0.480 e. The van der Waals surface area contributed by atoms with Crippen LogP contribution in [0, 0.1) is 5.41 Å². The van der Waals surface area contributed by atoms with Crippen LogP contribution < -0.4 is 5.73 Å². The Morgan fingerprint density at radius 3 is 2.71 bits per heavy atom. The van der Waals surface area contributed by atoms with Gasteiger partial charge in [-0.3, -0.25) is 4.79 Å². The van der Waals surface area contributed by atoms with Crippen LogP contribution in [0.5, 0.6) is 0 Å². The molecule has 1 fully saturated rings. The van der Waals surface area contributed by atoms with Gasteiger partial charge < -0.3 is 15.7 Å². The molecule has 82 valence electrons. The van der Waals surface area contributed by atoms with E-state index in [1.807, 2.05) is 0 Å². The highest BCUT2D eigenvalue weighted by atomic mass is 16.4. The summed E-state index contributed by atoms with van der Waals surface area (Å²) in [4.78, 5) is 12.8. The molecule has 0 amide bonds. The molecule has 0 aliphatic carbocycles. The molecule has 0 saturated carbocycles. The minimum atomic E-state index is -0.900. The van der Waals surface area contributed by atoms with Crippen molar-refractivity contribution < 1.29 is 9.90 Å². The van der Waals surface area contributed by atoms with Crippen molar-refractivity contribution in [2.24, 2.45) is 11.1 Å². The van der Waals surface area contributed by atoms with Gasteiger partial charge in [-0.25, -0.2) is 0 Å². The molecule has 1 saturated heterocycles. The van der Waals surface area contributed by atoms with E-state index in [4.69, 9.17) is 10.8 Å². The van der Waals surface area contributed by atoms with Crippen LogP contribution in [-0.4, -0.2) is 41.7 Å². The molecule has 0 aromatic carbocycles. The molecule has 3 N–H and O–H groups in total. The lowest BCUT2D eigenvalue weighted by Gasteiger charge is -2.20. The summed E-state index contributed by atoms with van der Waals surface area (Å²) in [5, 5.41) is 8.62. The molecular weight excluding hydrogens is 180 g/mol. The summed E-state index contributed by atoms with van der Waals surface area (Å²) in [7, 11) is 0. The topological polar surface area (TPSA) is 66.6 Å². The van der Waals surface area contributed by atoms with Crippen molar-refractivity contribution in [3.05, 3.63) is 0 Å². The lowest BCUT2D eigenvalue weighted by Crippen LogP contribution is -2.35. The molecule has 1 unspecified atom stereocenters. The molecule has 14 heavy (non-hydrogen) atoms. The number of rotatable bonds is 4. The first kappa shape index (κ1) is 11.5. The van der Waals surface area contributed by atoms with Gasteiger partial charge in [-0.15, -0.1) is 0 Å². The maximum Gasteiger partial charge on any atom is 0.320 e. The zero-order chi connectivity index (χ0) is 10.8. The summed E-state index contributed by atoms with van der Waals surface area (Å²) < 4.78 is 0. The maximum atomic E-state index is 10.5. The molecule has 1 atom stereocenters. The quantitative estimate of drug-likeness (QED) is 0.694. The van der Waals surface area contributed by atoms with Gasteiger partial charge in [0.25, 0.3) is 0 Å². The molecule has 1 aliphatic heterocycles. The molecule has 4 nitrogen and oxygen atoms in total. The Morgan fingerprint density at radius 2 is 2.29 bits per heavy atom. The zero-order valence-corrected chi connectivity index (χ0v) is 8.99. The van der Waals surface area contributed by atoms with E-state index in [2.05, 4.69) is 18.7 Å². The molecule has 1 aliphatic rings. The van der Waals surface area contributed by atoms with Crippen LogP contribution in [0.4, 0.5) is 0 Å². The summed E-state index contributed by atoms with van der Waals surface area (Å²) in [5.41, 5.74) is 5.82. The third kappa shape index (κ3) is 3.27. The first-order valence-corrected chi connectivity index (χ1v) is 5.11. The minimum absolute atomic E-state index is 0.382. The van der Waals surface area contributed by atoms with Crippen LogP contribution in [0.3, 0.4) is 0 Å². The average Bonchev–Trinajstić information content (AvgIpc) is 2.41. The van der Waals surface area contributed by atoms with E-state index < -0.39 is 12.0 Å². The lowest BCUT2D eigenvalue weighted by molar-refractivity contribution is -0.138. The van der Waals surface area contributed by atoms with E-state index in [-0.39, 0.29) is 0 Å². The van der Waals surface area contributed by atoms with E-state index >= 15 is 0 Å². The van der Waals surface area contributed by atoms with Gasteiger partial charge in [-0.05, 0) is 24.8 Å². The van der Waals surface area contributed by atoms with Crippen molar-refractivity contribution in [1.82, 2.24) is 4.90 Å². The molecule has 0 aromatic heterocycles. The first-order valence-electron chi connectivity index (χ1n) is 5.11. The number of likely N-dealkylation sites (tertiary alicyclic amines) is 1. The second kappa shape index (κ2) is 4.28. The Hall–Kier alpha value is -0.610. The normalized spacial score (nSPS) is 23.6. The largest absolute Gasteiger partial charge is 0.480 e. The second-order valence-corrected chi connectivity index (χ2v) is 4.92. The number of aliphatic carboxylic acids is 1. The molecule has 1 heterocycles. The molecule has 0 bridgehead atoms. The Morgan fingerprint density at radius 1 is 1.64 bits per heavy atom. The Bertz CT molecular complexity index is 216. The second-order valence-electron chi connectivity index (χ2n) is 4.92. The van der Waals surface area contributed by atoms with Crippen LogP contribution in [0.15, 0.2) is 0 Å². The van der Waals surface area contributed by atoms with Crippen LogP contribution in [0.25, 0.3) is 0 Å². The summed E-state index contributed by atoms with van der Waals surface area (Å²) in [6.07, 6.45) is 1.74. The standard InChI is InChI=1S/C10H20N2O2/c1-10(2)4-6-12(7-10)5-3-8(11)9(13)14/h8H,3-7,11H2,1-2H3,(H,13,14). The van der Waals surface area contributed by atoms with Crippen molar-refractivity contribution in [3.8, 4) is 0 Å². The SMILES string of the molecule is CC1(C)CCN(CCC(N)C(=O)O)C1. The monoisotopic (exact) mass is 200 g/mol. The van der Waals surface area contributed by atoms with Crippen molar-refractivity contribution in [2.45, 2.75) is 32.7 Å². The molecule has 1 rings (SSSR count). The van der Waals surface area contributed by atoms with Gasteiger partial charge in [0.05, 0.1) is 0 Å².